The van der Waals surface area contributed by atoms with Crippen LogP contribution in [0.1, 0.15) is 23.2 Å². The molecule has 0 radical (unpaired) electrons. The lowest BCUT2D eigenvalue weighted by molar-refractivity contribution is 0.0471. The van der Waals surface area contributed by atoms with Crippen molar-refractivity contribution in [2.45, 2.75) is 12.8 Å². The minimum absolute atomic E-state index is 0.326. The van der Waals surface area contributed by atoms with Crippen molar-refractivity contribution in [2.75, 3.05) is 32.0 Å². The van der Waals surface area contributed by atoms with Gasteiger partial charge in [-0.05, 0) is 54.0 Å². The first-order chi connectivity index (χ1) is 8.68. The molecule has 0 unspecified atom stereocenters. The third kappa shape index (κ3) is 3.23. The maximum Gasteiger partial charge on any atom is 0.339 e. The van der Waals surface area contributed by atoms with Gasteiger partial charge in [0.2, 0.25) is 0 Å². The number of hydrogen-bond donors (Lipinski definition) is 1. The van der Waals surface area contributed by atoms with E-state index >= 15 is 0 Å². The van der Waals surface area contributed by atoms with E-state index in [1.54, 1.807) is 18.2 Å². The summed E-state index contributed by atoms with van der Waals surface area (Å²) in [6, 6.07) is 5.20. The normalized spacial score (nSPS) is 15.8. The number of anilines is 1. The summed E-state index contributed by atoms with van der Waals surface area (Å²) in [4.78, 5) is 14.2. The zero-order chi connectivity index (χ0) is 13.0. The van der Waals surface area contributed by atoms with Gasteiger partial charge in [0.25, 0.3) is 0 Å². The molecule has 0 bridgehead atoms. The lowest BCUT2D eigenvalue weighted by Gasteiger charge is -2.14. The number of ether oxygens (including phenoxy) is 1. The second-order valence-electron chi connectivity index (χ2n) is 4.39. The highest BCUT2D eigenvalue weighted by Gasteiger charge is 2.15. The van der Waals surface area contributed by atoms with Crippen molar-refractivity contribution in [3.05, 3.63) is 28.2 Å². The molecule has 0 spiro atoms. The molecule has 1 fully saturated rings. The molecular formula is C13H17BrN2O2. The number of carbonyl (C=O) groups is 1. The molecule has 5 heteroatoms. The molecule has 2 N–H and O–H groups in total. The van der Waals surface area contributed by atoms with Crippen LogP contribution in [0.3, 0.4) is 0 Å². The number of carbonyl (C=O) groups excluding carboxylic acids is 1. The monoisotopic (exact) mass is 312 g/mol. The number of hydrogen-bond acceptors (Lipinski definition) is 4. The summed E-state index contributed by atoms with van der Waals surface area (Å²) in [5.74, 6) is -0.326. The van der Waals surface area contributed by atoms with Crippen molar-refractivity contribution in [1.29, 1.82) is 0 Å². The smallest absolute Gasteiger partial charge is 0.339 e. The topological polar surface area (TPSA) is 55.6 Å². The van der Waals surface area contributed by atoms with Gasteiger partial charge in [-0.3, -0.25) is 4.90 Å². The average molecular weight is 313 g/mol. The van der Waals surface area contributed by atoms with Gasteiger partial charge in [0.1, 0.15) is 6.61 Å². The molecule has 0 atom stereocenters. The summed E-state index contributed by atoms with van der Waals surface area (Å²) in [6.07, 6.45) is 2.49. The van der Waals surface area contributed by atoms with Crippen LogP contribution in [-0.4, -0.2) is 37.1 Å². The Balaban J connectivity index is 1.85. The second-order valence-corrected chi connectivity index (χ2v) is 5.19. The first-order valence-corrected chi connectivity index (χ1v) is 6.91. The quantitative estimate of drug-likeness (QED) is 0.684. The van der Waals surface area contributed by atoms with Crippen molar-refractivity contribution >= 4 is 27.6 Å². The zero-order valence-electron chi connectivity index (χ0n) is 10.2. The van der Waals surface area contributed by atoms with Gasteiger partial charge in [-0.25, -0.2) is 4.79 Å². The standard InChI is InChI=1S/C13H17BrN2O2/c14-12-10(4-3-5-11(12)15)13(17)18-9-8-16-6-1-2-7-16/h3-5H,1-2,6-9,15H2. The number of nitrogens with two attached hydrogens (primary N) is 1. The van der Waals surface area contributed by atoms with E-state index in [1.807, 2.05) is 0 Å². The first kappa shape index (κ1) is 13.4. The molecule has 2 rings (SSSR count). The van der Waals surface area contributed by atoms with Gasteiger partial charge in [-0.2, -0.15) is 0 Å². The molecule has 1 aromatic rings. The van der Waals surface area contributed by atoms with Crippen LogP contribution in [0.15, 0.2) is 22.7 Å². The number of nitrogen functional groups attached to an aromatic ring is 1. The number of likely N-dealkylation sites (tertiary alicyclic amines) is 1. The Labute approximate surface area is 115 Å². The number of nitrogens with zero attached hydrogens (tertiary/aromatic N) is 1. The van der Waals surface area contributed by atoms with E-state index in [0.29, 0.717) is 22.3 Å². The van der Waals surface area contributed by atoms with E-state index in [-0.39, 0.29) is 5.97 Å². The van der Waals surface area contributed by atoms with E-state index in [4.69, 9.17) is 10.5 Å². The van der Waals surface area contributed by atoms with Gasteiger partial charge >= 0.3 is 5.97 Å². The molecule has 4 nitrogen and oxygen atoms in total. The van der Waals surface area contributed by atoms with Crippen LogP contribution in [0.5, 0.6) is 0 Å². The van der Waals surface area contributed by atoms with Crippen molar-refractivity contribution in [3.63, 3.8) is 0 Å². The summed E-state index contributed by atoms with van der Waals surface area (Å²) < 4.78 is 5.87. The van der Waals surface area contributed by atoms with E-state index in [1.165, 1.54) is 12.8 Å². The maximum atomic E-state index is 11.9. The highest BCUT2D eigenvalue weighted by Crippen LogP contribution is 2.24. The number of rotatable bonds is 4. The van der Waals surface area contributed by atoms with Crippen LogP contribution < -0.4 is 5.73 Å². The molecule has 1 aliphatic rings. The zero-order valence-corrected chi connectivity index (χ0v) is 11.8. The molecule has 0 saturated carbocycles. The molecule has 0 aromatic heterocycles. The summed E-state index contributed by atoms with van der Waals surface area (Å²) in [6.45, 7) is 3.46. The Morgan fingerprint density at radius 1 is 1.39 bits per heavy atom. The lowest BCUT2D eigenvalue weighted by Crippen LogP contribution is -2.25. The van der Waals surface area contributed by atoms with Gasteiger partial charge < -0.3 is 10.5 Å². The second kappa shape index (κ2) is 6.20. The highest BCUT2D eigenvalue weighted by atomic mass is 79.9. The SMILES string of the molecule is Nc1cccc(C(=O)OCCN2CCCC2)c1Br. The van der Waals surface area contributed by atoms with Gasteiger partial charge in [-0.1, -0.05) is 6.07 Å². The summed E-state index contributed by atoms with van der Waals surface area (Å²) in [5.41, 5.74) is 6.75. The van der Waals surface area contributed by atoms with Crippen LogP contribution in [0, 0.1) is 0 Å². The fourth-order valence-corrected chi connectivity index (χ4v) is 2.49. The molecule has 0 amide bonds. The van der Waals surface area contributed by atoms with E-state index in [0.717, 1.165) is 19.6 Å². The maximum absolute atomic E-state index is 11.9. The van der Waals surface area contributed by atoms with Crippen LogP contribution in [-0.2, 0) is 4.74 Å². The predicted octanol–water partition coefficient (Wildman–Crippen LogP) is 2.28. The van der Waals surface area contributed by atoms with Gasteiger partial charge in [0.05, 0.1) is 10.0 Å². The molecule has 18 heavy (non-hydrogen) atoms. The molecule has 0 aliphatic carbocycles. The number of halogens is 1. The van der Waals surface area contributed by atoms with Crippen molar-refractivity contribution in [2.24, 2.45) is 0 Å². The van der Waals surface area contributed by atoms with Crippen molar-refractivity contribution < 1.29 is 9.53 Å². The Hall–Kier alpha value is -1.07. The van der Waals surface area contributed by atoms with Crippen molar-refractivity contribution in [3.8, 4) is 0 Å². The third-order valence-corrected chi connectivity index (χ3v) is 3.97. The molecular weight excluding hydrogens is 296 g/mol. The minimum Gasteiger partial charge on any atom is -0.461 e. The summed E-state index contributed by atoms with van der Waals surface area (Å²) >= 11 is 3.30. The van der Waals surface area contributed by atoms with E-state index < -0.39 is 0 Å². The van der Waals surface area contributed by atoms with Crippen LogP contribution in [0.4, 0.5) is 5.69 Å². The van der Waals surface area contributed by atoms with Crippen molar-refractivity contribution in [1.82, 2.24) is 4.90 Å². The molecule has 1 heterocycles. The van der Waals surface area contributed by atoms with E-state index in [2.05, 4.69) is 20.8 Å². The fraction of sp³-hybridized carbons (Fsp3) is 0.462. The lowest BCUT2D eigenvalue weighted by atomic mass is 10.2. The Morgan fingerprint density at radius 2 is 2.11 bits per heavy atom. The van der Waals surface area contributed by atoms with Crippen LogP contribution >= 0.6 is 15.9 Å². The molecule has 1 aliphatic heterocycles. The Morgan fingerprint density at radius 3 is 2.83 bits per heavy atom. The van der Waals surface area contributed by atoms with Gasteiger partial charge in [-0.15, -0.1) is 0 Å². The highest BCUT2D eigenvalue weighted by molar-refractivity contribution is 9.10. The first-order valence-electron chi connectivity index (χ1n) is 6.12. The number of esters is 1. The average Bonchev–Trinajstić information content (AvgIpc) is 2.85. The minimum atomic E-state index is -0.326. The largest absolute Gasteiger partial charge is 0.461 e. The van der Waals surface area contributed by atoms with E-state index in [9.17, 15) is 4.79 Å². The fourth-order valence-electron chi connectivity index (χ4n) is 2.06. The summed E-state index contributed by atoms with van der Waals surface area (Å²) in [5, 5.41) is 0. The Bertz CT molecular complexity index is 431. The van der Waals surface area contributed by atoms with Crippen LogP contribution in [0.25, 0.3) is 0 Å². The molecule has 98 valence electrons. The van der Waals surface area contributed by atoms with Gasteiger partial charge in [0.15, 0.2) is 0 Å². The number of benzene rings is 1. The molecule has 1 aromatic carbocycles. The third-order valence-electron chi connectivity index (χ3n) is 3.09. The summed E-state index contributed by atoms with van der Waals surface area (Å²) in [7, 11) is 0. The van der Waals surface area contributed by atoms with Crippen LogP contribution in [0.2, 0.25) is 0 Å². The Kier molecular flexibility index (Phi) is 4.60. The molecule has 1 saturated heterocycles. The van der Waals surface area contributed by atoms with Gasteiger partial charge in [0, 0.05) is 12.2 Å². The predicted molar refractivity (Wildman–Crippen MR) is 74.5 cm³/mol.